The molecule has 0 saturated heterocycles. The highest BCUT2D eigenvalue weighted by Crippen LogP contribution is 2.19. The van der Waals surface area contributed by atoms with E-state index in [1.165, 1.54) is 12.1 Å². The molecule has 5 heteroatoms. The van der Waals surface area contributed by atoms with Gasteiger partial charge in [0.1, 0.15) is 5.82 Å². The minimum absolute atomic E-state index is 0.262. The molecule has 0 radical (unpaired) electrons. The molecular formula is C13H11BrFNOS. The van der Waals surface area contributed by atoms with Gasteiger partial charge in [0.2, 0.25) is 0 Å². The topological polar surface area (TPSA) is 29.1 Å². The van der Waals surface area contributed by atoms with Crippen LogP contribution in [0, 0.1) is 12.7 Å². The van der Waals surface area contributed by atoms with Crippen molar-refractivity contribution in [1.82, 2.24) is 5.32 Å². The van der Waals surface area contributed by atoms with Crippen molar-refractivity contribution in [1.29, 1.82) is 0 Å². The number of aryl methyl sites for hydroxylation is 1. The number of amides is 1. The maximum absolute atomic E-state index is 13.2. The Labute approximate surface area is 117 Å². The highest BCUT2D eigenvalue weighted by Gasteiger charge is 2.08. The molecule has 1 heterocycles. The number of hydrogen-bond acceptors (Lipinski definition) is 2. The lowest BCUT2D eigenvalue weighted by molar-refractivity contribution is 0.0950. The van der Waals surface area contributed by atoms with Crippen molar-refractivity contribution in [2.75, 3.05) is 0 Å². The minimum Gasteiger partial charge on any atom is -0.347 e. The summed E-state index contributed by atoms with van der Waals surface area (Å²) < 4.78 is 14.2. The van der Waals surface area contributed by atoms with Crippen LogP contribution in [0.4, 0.5) is 4.39 Å². The van der Waals surface area contributed by atoms with Gasteiger partial charge in [-0.1, -0.05) is 0 Å². The van der Waals surface area contributed by atoms with Crippen molar-refractivity contribution >= 4 is 33.2 Å². The van der Waals surface area contributed by atoms with Gasteiger partial charge in [-0.3, -0.25) is 4.79 Å². The third-order valence-corrected chi connectivity index (χ3v) is 4.05. The number of rotatable bonds is 3. The number of carbonyl (C=O) groups excluding carboxylic acids is 1. The largest absolute Gasteiger partial charge is 0.347 e. The van der Waals surface area contributed by atoms with E-state index in [0.29, 0.717) is 12.1 Å². The summed E-state index contributed by atoms with van der Waals surface area (Å²) in [5.74, 6) is -0.652. The molecule has 18 heavy (non-hydrogen) atoms. The van der Waals surface area contributed by atoms with Crippen LogP contribution in [0.25, 0.3) is 0 Å². The zero-order chi connectivity index (χ0) is 13.1. The summed E-state index contributed by atoms with van der Waals surface area (Å²) in [6.45, 7) is 2.21. The van der Waals surface area contributed by atoms with Gasteiger partial charge >= 0.3 is 0 Å². The van der Waals surface area contributed by atoms with Gasteiger partial charge in [-0.25, -0.2) is 4.39 Å². The van der Waals surface area contributed by atoms with E-state index in [1.54, 1.807) is 24.3 Å². The molecule has 2 rings (SSSR count). The summed E-state index contributed by atoms with van der Waals surface area (Å²) in [5, 5.41) is 4.72. The molecule has 1 aromatic carbocycles. The van der Waals surface area contributed by atoms with Crippen molar-refractivity contribution < 1.29 is 9.18 Å². The van der Waals surface area contributed by atoms with Gasteiger partial charge in [-0.2, -0.15) is 0 Å². The maximum Gasteiger partial charge on any atom is 0.251 e. The molecule has 2 nitrogen and oxygen atoms in total. The number of hydrogen-bond donors (Lipinski definition) is 1. The molecule has 1 aromatic heterocycles. The normalized spacial score (nSPS) is 10.4. The van der Waals surface area contributed by atoms with E-state index in [0.717, 1.165) is 14.9 Å². The Balaban J connectivity index is 2.03. The molecule has 0 fully saturated rings. The quantitative estimate of drug-likeness (QED) is 0.910. The molecule has 0 aliphatic heterocycles. The monoisotopic (exact) mass is 327 g/mol. The van der Waals surface area contributed by atoms with Crippen LogP contribution in [0.15, 0.2) is 34.1 Å². The Kier molecular flexibility index (Phi) is 4.14. The molecule has 94 valence electrons. The highest BCUT2D eigenvalue weighted by molar-refractivity contribution is 9.10. The Hall–Kier alpha value is -1.20. The second kappa shape index (κ2) is 5.63. The summed E-state index contributed by atoms with van der Waals surface area (Å²) in [7, 11) is 0. The average molecular weight is 328 g/mol. The van der Waals surface area contributed by atoms with Gasteiger partial charge < -0.3 is 5.32 Å². The molecule has 0 aliphatic carbocycles. The smallest absolute Gasteiger partial charge is 0.251 e. The first kappa shape index (κ1) is 13.2. The minimum atomic E-state index is -0.390. The molecule has 0 aliphatic rings. The number of benzene rings is 1. The van der Waals surface area contributed by atoms with Crippen LogP contribution < -0.4 is 5.32 Å². The predicted molar refractivity (Wildman–Crippen MR) is 74.3 cm³/mol. The van der Waals surface area contributed by atoms with Crippen molar-refractivity contribution in [2.24, 2.45) is 0 Å². The molecular weight excluding hydrogens is 317 g/mol. The second-order valence-corrected chi connectivity index (χ2v) is 5.84. The fourth-order valence-corrected chi connectivity index (χ4v) is 2.97. The van der Waals surface area contributed by atoms with Crippen molar-refractivity contribution in [2.45, 2.75) is 13.5 Å². The first-order valence-electron chi connectivity index (χ1n) is 5.33. The Morgan fingerprint density at radius 3 is 2.78 bits per heavy atom. The SMILES string of the molecule is Cc1cc(F)cc(C(=O)NCc2cc(Br)cs2)c1. The molecule has 2 aromatic rings. The van der Waals surface area contributed by atoms with Crippen LogP contribution in [0.2, 0.25) is 0 Å². The van der Waals surface area contributed by atoms with Crippen LogP contribution in [-0.2, 0) is 6.54 Å². The third-order valence-electron chi connectivity index (χ3n) is 2.35. The predicted octanol–water partition coefficient (Wildman–Crippen LogP) is 3.89. The van der Waals surface area contributed by atoms with E-state index < -0.39 is 0 Å². The lowest BCUT2D eigenvalue weighted by Crippen LogP contribution is -2.22. The van der Waals surface area contributed by atoms with E-state index >= 15 is 0 Å². The Morgan fingerprint density at radius 2 is 2.17 bits per heavy atom. The van der Waals surface area contributed by atoms with Crippen LogP contribution in [-0.4, -0.2) is 5.91 Å². The van der Waals surface area contributed by atoms with Gasteiger partial charge in [-0.15, -0.1) is 11.3 Å². The molecule has 0 unspecified atom stereocenters. The summed E-state index contributed by atoms with van der Waals surface area (Å²) >= 11 is 4.91. The fraction of sp³-hybridized carbons (Fsp3) is 0.154. The Bertz CT molecular complexity index is 562. The zero-order valence-corrected chi connectivity index (χ0v) is 12.1. The summed E-state index contributed by atoms with van der Waals surface area (Å²) in [4.78, 5) is 12.9. The third kappa shape index (κ3) is 3.40. The van der Waals surface area contributed by atoms with E-state index in [2.05, 4.69) is 21.2 Å². The van der Waals surface area contributed by atoms with Gasteiger partial charge in [-0.05, 0) is 52.7 Å². The number of thiophene rings is 1. The van der Waals surface area contributed by atoms with Crippen LogP contribution in [0.5, 0.6) is 0 Å². The summed E-state index contributed by atoms with van der Waals surface area (Å²) in [6, 6.07) is 6.25. The lowest BCUT2D eigenvalue weighted by Gasteiger charge is -2.05. The van der Waals surface area contributed by atoms with Crippen molar-refractivity contribution in [3.05, 3.63) is 55.9 Å². The summed E-state index contributed by atoms with van der Waals surface area (Å²) in [5.41, 5.74) is 1.09. The maximum atomic E-state index is 13.2. The Morgan fingerprint density at radius 1 is 1.39 bits per heavy atom. The molecule has 0 atom stereocenters. The number of nitrogens with one attached hydrogen (secondary N) is 1. The number of carbonyl (C=O) groups is 1. The molecule has 1 N–H and O–H groups in total. The second-order valence-electron chi connectivity index (χ2n) is 3.93. The number of halogens is 2. The van der Waals surface area contributed by atoms with E-state index in [-0.39, 0.29) is 11.7 Å². The van der Waals surface area contributed by atoms with Gasteiger partial charge in [0.25, 0.3) is 5.91 Å². The molecule has 0 bridgehead atoms. The van der Waals surface area contributed by atoms with Gasteiger partial charge in [0.05, 0.1) is 6.54 Å². The van der Waals surface area contributed by atoms with Gasteiger partial charge in [0.15, 0.2) is 0 Å². The standard InChI is InChI=1S/C13H11BrFNOS/c1-8-2-9(4-11(15)3-8)13(17)16-6-12-5-10(14)7-18-12/h2-5,7H,6H2,1H3,(H,16,17). The first-order valence-corrected chi connectivity index (χ1v) is 7.00. The summed E-state index contributed by atoms with van der Waals surface area (Å²) in [6.07, 6.45) is 0. The highest BCUT2D eigenvalue weighted by atomic mass is 79.9. The van der Waals surface area contributed by atoms with E-state index in [9.17, 15) is 9.18 Å². The van der Waals surface area contributed by atoms with Crippen LogP contribution in [0.1, 0.15) is 20.8 Å². The average Bonchev–Trinajstić information content (AvgIpc) is 2.70. The molecule has 1 amide bonds. The lowest BCUT2D eigenvalue weighted by atomic mass is 10.1. The molecule has 0 spiro atoms. The van der Waals surface area contributed by atoms with Crippen LogP contribution in [0.3, 0.4) is 0 Å². The van der Waals surface area contributed by atoms with Crippen LogP contribution >= 0.6 is 27.3 Å². The first-order chi connectivity index (χ1) is 8.54. The fourth-order valence-electron chi connectivity index (χ4n) is 1.58. The van der Waals surface area contributed by atoms with Crippen molar-refractivity contribution in [3.8, 4) is 0 Å². The van der Waals surface area contributed by atoms with E-state index in [4.69, 9.17) is 0 Å². The molecule has 0 saturated carbocycles. The van der Waals surface area contributed by atoms with Crippen molar-refractivity contribution in [3.63, 3.8) is 0 Å². The van der Waals surface area contributed by atoms with Gasteiger partial charge in [0, 0.05) is 20.3 Å². The zero-order valence-electron chi connectivity index (χ0n) is 9.67. The van der Waals surface area contributed by atoms with E-state index in [1.807, 2.05) is 11.4 Å².